The summed E-state index contributed by atoms with van der Waals surface area (Å²) in [7, 11) is -13.1. The Morgan fingerprint density at radius 1 is 1.00 bits per heavy atom. The first-order chi connectivity index (χ1) is 13.4. The van der Waals surface area contributed by atoms with Crippen molar-refractivity contribution >= 4 is 42.1 Å². The lowest BCUT2D eigenvalue weighted by Gasteiger charge is -2.26. The van der Waals surface area contributed by atoms with E-state index in [0.29, 0.717) is 0 Å². The van der Waals surface area contributed by atoms with Crippen LogP contribution in [-0.4, -0.2) is 46.5 Å². The fourth-order valence-corrected chi connectivity index (χ4v) is 3.36. The van der Waals surface area contributed by atoms with E-state index in [0.717, 1.165) is 25.1 Å². The number of halogens is 7. The zero-order chi connectivity index (χ0) is 23.5. The molecule has 0 aromatic heterocycles. The second-order valence-corrected chi connectivity index (χ2v) is 9.18. The third-order valence-corrected chi connectivity index (χ3v) is 5.55. The van der Waals surface area contributed by atoms with Crippen LogP contribution in [0.2, 0.25) is 0 Å². The molecule has 0 saturated carbocycles. The number of ether oxygens (including phenoxy) is 1. The van der Waals surface area contributed by atoms with Crippen LogP contribution in [0.3, 0.4) is 0 Å². The van der Waals surface area contributed by atoms with E-state index < -0.39 is 61.6 Å². The quantitative estimate of drug-likeness (QED) is 0.209. The number of carbonyl (C=O) groups excluding carboxylic acids is 1. The number of hydrogen-bond donors (Lipinski definition) is 0. The highest BCUT2D eigenvalue weighted by Crippen LogP contribution is 2.36. The molecule has 1 rings (SSSR count). The van der Waals surface area contributed by atoms with Gasteiger partial charge < -0.3 is 4.74 Å². The van der Waals surface area contributed by atoms with Crippen molar-refractivity contribution in [2.24, 2.45) is 0 Å². The molecule has 2 atom stereocenters. The van der Waals surface area contributed by atoms with E-state index in [1.54, 1.807) is 0 Å². The summed E-state index contributed by atoms with van der Waals surface area (Å²) in [4.78, 5) is 12.0. The van der Waals surface area contributed by atoms with Crippen LogP contribution in [0.4, 0.5) is 26.3 Å². The van der Waals surface area contributed by atoms with Crippen molar-refractivity contribution in [3.63, 3.8) is 0 Å². The van der Waals surface area contributed by atoms with Crippen LogP contribution < -0.4 is 0 Å². The van der Waals surface area contributed by atoms with Crippen LogP contribution in [0.25, 0.3) is 0 Å². The van der Waals surface area contributed by atoms with Crippen molar-refractivity contribution in [2.75, 3.05) is 6.61 Å². The van der Waals surface area contributed by atoms with Crippen molar-refractivity contribution in [3.8, 4) is 0 Å². The lowest BCUT2D eigenvalue weighted by molar-refractivity contribution is -0.157. The van der Waals surface area contributed by atoms with Crippen LogP contribution >= 0.6 is 15.9 Å². The molecular weight excluding hydrogens is 542 g/mol. The molecule has 0 radical (unpaired) electrons. The van der Waals surface area contributed by atoms with Gasteiger partial charge in [-0.1, -0.05) is 28.1 Å². The smallest absolute Gasteiger partial charge is 0.464 e. The third kappa shape index (κ3) is 6.53. The average molecular weight is 553 g/mol. The Morgan fingerprint density at radius 3 is 1.93 bits per heavy atom. The molecule has 0 bridgehead atoms. The fraction of sp³-hybridized carbons (Fsp3) is 0.462. The van der Waals surface area contributed by atoms with Crippen LogP contribution in [0.1, 0.15) is 18.6 Å². The van der Waals surface area contributed by atoms with Gasteiger partial charge in [-0.25, -0.2) is 8.98 Å². The van der Waals surface area contributed by atoms with E-state index in [4.69, 9.17) is 0 Å². The monoisotopic (exact) mass is 552 g/mol. The molecule has 0 aliphatic rings. The summed E-state index contributed by atoms with van der Waals surface area (Å²) < 4.78 is 134. The Bertz CT molecular complexity index is 974. The van der Waals surface area contributed by atoms with Gasteiger partial charge in [-0.05, 0) is 24.6 Å². The molecule has 0 heterocycles. The van der Waals surface area contributed by atoms with Crippen LogP contribution in [0, 0.1) is 0 Å². The van der Waals surface area contributed by atoms with Gasteiger partial charge in [0.1, 0.15) is 6.10 Å². The highest BCUT2D eigenvalue weighted by Gasteiger charge is 2.54. The summed E-state index contributed by atoms with van der Waals surface area (Å²) >= 11 is 2.88. The van der Waals surface area contributed by atoms with Gasteiger partial charge in [-0.3, -0.25) is 4.18 Å². The van der Waals surface area contributed by atoms with Crippen molar-refractivity contribution in [1.82, 2.24) is 0 Å². The molecule has 8 nitrogen and oxygen atoms in total. The molecule has 2 unspecified atom stereocenters. The Balaban J connectivity index is 3.65. The van der Waals surface area contributed by atoms with Gasteiger partial charge in [0.15, 0.2) is 0 Å². The molecule has 17 heteroatoms. The lowest BCUT2D eigenvalue weighted by atomic mass is 10.0. The van der Waals surface area contributed by atoms with E-state index in [1.165, 1.54) is 6.07 Å². The van der Waals surface area contributed by atoms with Crippen molar-refractivity contribution in [1.29, 1.82) is 0 Å². The first kappa shape index (κ1) is 26.6. The van der Waals surface area contributed by atoms with Gasteiger partial charge in [0.25, 0.3) is 0 Å². The number of benzene rings is 1. The summed E-state index contributed by atoms with van der Waals surface area (Å²) in [6.45, 7) is 0.566. The zero-order valence-electron chi connectivity index (χ0n) is 14.4. The van der Waals surface area contributed by atoms with E-state index in [1.807, 2.05) is 0 Å². The summed E-state index contributed by atoms with van der Waals surface area (Å²) in [6, 6.07) is 4.10. The molecule has 172 valence electrons. The van der Waals surface area contributed by atoms with E-state index >= 15 is 0 Å². The molecule has 30 heavy (non-hydrogen) atoms. The van der Waals surface area contributed by atoms with Gasteiger partial charge in [-0.15, -0.1) is 0 Å². The number of carbonyl (C=O) groups is 1. The molecular formula is C13H11BrF6O8S2. The standard InChI is InChI=1S/C13H11BrF6O8S2/c1-2-26-11(21)10(28-30(24,25)13(18,19)20)9(7-4-3-5-8(14)6-7)27-29(22,23)12(15,16)17/h3-6,9-10H,2H2,1H3. The minimum Gasteiger partial charge on any atom is -0.464 e. The molecule has 1 aromatic carbocycles. The van der Waals surface area contributed by atoms with E-state index in [-0.39, 0.29) is 4.47 Å². The first-order valence-corrected chi connectivity index (χ1v) is 10.9. The Labute approximate surface area is 174 Å². The molecule has 0 amide bonds. The van der Waals surface area contributed by atoms with E-state index in [9.17, 15) is 48.0 Å². The van der Waals surface area contributed by atoms with Gasteiger partial charge in [0, 0.05) is 4.47 Å². The maximum atomic E-state index is 12.8. The second kappa shape index (κ2) is 9.37. The van der Waals surface area contributed by atoms with Crippen LogP contribution in [0.15, 0.2) is 28.7 Å². The predicted octanol–water partition coefficient (Wildman–Crippen LogP) is 3.15. The van der Waals surface area contributed by atoms with Crippen molar-refractivity contribution in [3.05, 3.63) is 34.3 Å². The molecule has 0 N–H and O–H groups in total. The third-order valence-electron chi connectivity index (χ3n) is 3.00. The average Bonchev–Trinajstić information content (AvgIpc) is 2.56. The zero-order valence-corrected chi connectivity index (χ0v) is 17.6. The van der Waals surface area contributed by atoms with Crippen molar-refractivity contribution in [2.45, 2.75) is 30.1 Å². The maximum Gasteiger partial charge on any atom is 0.523 e. The highest BCUT2D eigenvalue weighted by atomic mass is 79.9. The summed E-state index contributed by atoms with van der Waals surface area (Å²) in [5, 5.41) is 0. The number of esters is 1. The van der Waals surface area contributed by atoms with Crippen LogP contribution in [0.5, 0.6) is 0 Å². The Hall–Kier alpha value is -1.43. The normalized spacial score (nSPS) is 15.5. The second-order valence-electron chi connectivity index (χ2n) is 5.14. The minimum atomic E-state index is -6.58. The highest BCUT2D eigenvalue weighted by molar-refractivity contribution is 9.10. The molecule has 0 aliphatic heterocycles. The molecule has 0 spiro atoms. The summed E-state index contributed by atoms with van der Waals surface area (Å²) in [6.07, 6.45) is -5.91. The fourth-order valence-electron chi connectivity index (χ4n) is 1.78. The number of rotatable bonds is 8. The summed E-state index contributed by atoms with van der Waals surface area (Å²) in [5.74, 6) is -1.92. The predicted molar refractivity (Wildman–Crippen MR) is 89.4 cm³/mol. The van der Waals surface area contributed by atoms with Gasteiger partial charge in [0.05, 0.1) is 6.61 Å². The molecule has 0 fully saturated rings. The van der Waals surface area contributed by atoms with Crippen molar-refractivity contribution < 1.29 is 61.1 Å². The Morgan fingerprint density at radius 2 is 1.50 bits per heavy atom. The Kier molecular flexibility index (Phi) is 8.31. The first-order valence-electron chi connectivity index (χ1n) is 7.34. The number of alkyl halides is 6. The van der Waals surface area contributed by atoms with Crippen LogP contribution in [-0.2, 0) is 38.1 Å². The summed E-state index contributed by atoms with van der Waals surface area (Å²) in [5.41, 5.74) is -12.8. The van der Waals surface area contributed by atoms with Gasteiger partial charge in [0.2, 0.25) is 6.10 Å². The topological polar surface area (TPSA) is 113 Å². The van der Waals surface area contributed by atoms with Gasteiger partial charge in [-0.2, -0.15) is 43.2 Å². The maximum absolute atomic E-state index is 12.8. The van der Waals surface area contributed by atoms with E-state index in [2.05, 4.69) is 29.0 Å². The largest absolute Gasteiger partial charge is 0.523 e. The lowest BCUT2D eigenvalue weighted by Crippen LogP contribution is -2.41. The minimum absolute atomic E-state index is 0.0688. The number of hydrogen-bond acceptors (Lipinski definition) is 8. The SMILES string of the molecule is CCOC(=O)C(OS(=O)(=O)C(F)(F)F)C(OS(=O)(=O)C(F)(F)F)c1cccc(Br)c1. The molecule has 1 aromatic rings. The molecule has 0 aliphatic carbocycles. The molecule has 0 saturated heterocycles. The van der Waals surface area contributed by atoms with Gasteiger partial charge >= 0.3 is 37.2 Å².